The van der Waals surface area contributed by atoms with Crippen molar-refractivity contribution < 1.29 is 5.11 Å². The van der Waals surface area contributed by atoms with Crippen molar-refractivity contribution in [2.75, 3.05) is 25.5 Å². The molecule has 2 rings (SSSR count). The topological polar surface area (TPSA) is 49.5 Å². The molecular weight excluding hydrogens is 260 g/mol. The summed E-state index contributed by atoms with van der Waals surface area (Å²) in [5, 5.41) is 10.9. The summed E-state index contributed by atoms with van der Waals surface area (Å²) in [6.45, 7) is 0.573. The standard InChI is InChI=1S/C18H30N2O/c1-20(2)16-10-8-15(9-11-16)17(21)18(14-19)12-6-4-3-5-7-13-18/h8-11,17,21H,3-7,12-14,19H2,1-2H3. The second-order valence-corrected chi connectivity index (χ2v) is 6.72. The average Bonchev–Trinajstić information content (AvgIpc) is 2.47. The number of benzene rings is 1. The minimum Gasteiger partial charge on any atom is -0.388 e. The van der Waals surface area contributed by atoms with Gasteiger partial charge in [-0.1, -0.05) is 44.2 Å². The van der Waals surface area contributed by atoms with Crippen LogP contribution < -0.4 is 10.6 Å². The van der Waals surface area contributed by atoms with E-state index < -0.39 is 6.10 Å². The zero-order valence-electron chi connectivity index (χ0n) is 13.5. The minimum absolute atomic E-state index is 0.139. The molecule has 1 aliphatic carbocycles. The second kappa shape index (κ2) is 7.28. The molecule has 0 bridgehead atoms. The number of hydrogen-bond acceptors (Lipinski definition) is 3. The summed E-state index contributed by atoms with van der Waals surface area (Å²) in [5.41, 5.74) is 8.13. The van der Waals surface area contributed by atoms with Gasteiger partial charge in [0.05, 0.1) is 6.10 Å². The molecule has 0 aromatic heterocycles. The van der Waals surface area contributed by atoms with Crippen LogP contribution in [0.2, 0.25) is 0 Å². The summed E-state index contributed by atoms with van der Waals surface area (Å²) in [6, 6.07) is 8.25. The first kappa shape index (κ1) is 16.3. The Kier molecular flexibility index (Phi) is 5.65. The molecular formula is C18H30N2O. The van der Waals surface area contributed by atoms with Gasteiger partial charge in [-0.15, -0.1) is 0 Å². The molecule has 0 saturated heterocycles. The Morgan fingerprint density at radius 2 is 1.57 bits per heavy atom. The first-order chi connectivity index (χ1) is 10.1. The van der Waals surface area contributed by atoms with Gasteiger partial charge in [0.15, 0.2) is 0 Å². The third-order valence-electron chi connectivity index (χ3n) is 5.06. The van der Waals surface area contributed by atoms with Gasteiger partial charge in [-0.05, 0) is 30.5 Å². The lowest BCUT2D eigenvalue weighted by atomic mass is 9.70. The van der Waals surface area contributed by atoms with Gasteiger partial charge in [-0.2, -0.15) is 0 Å². The molecule has 118 valence electrons. The van der Waals surface area contributed by atoms with Crippen molar-refractivity contribution in [2.24, 2.45) is 11.1 Å². The number of nitrogens with two attached hydrogens (primary N) is 1. The zero-order valence-corrected chi connectivity index (χ0v) is 13.5. The third kappa shape index (κ3) is 3.78. The van der Waals surface area contributed by atoms with E-state index in [9.17, 15) is 5.11 Å². The van der Waals surface area contributed by atoms with Gasteiger partial charge in [-0.25, -0.2) is 0 Å². The molecule has 3 heteroatoms. The summed E-state index contributed by atoms with van der Waals surface area (Å²) in [7, 11) is 4.06. The van der Waals surface area contributed by atoms with Crippen LogP contribution in [0.4, 0.5) is 5.69 Å². The summed E-state index contributed by atoms with van der Waals surface area (Å²) < 4.78 is 0. The fourth-order valence-electron chi connectivity index (χ4n) is 3.51. The lowest BCUT2D eigenvalue weighted by Crippen LogP contribution is -2.37. The van der Waals surface area contributed by atoms with E-state index in [1.807, 2.05) is 14.1 Å². The zero-order chi connectivity index (χ0) is 15.3. The van der Waals surface area contributed by atoms with Gasteiger partial charge in [-0.3, -0.25) is 0 Å². The Labute approximate surface area is 129 Å². The van der Waals surface area contributed by atoms with Gasteiger partial charge in [0.1, 0.15) is 0 Å². The Morgan fingerprint density at radius 3 is 2.05 bits per heavy atom. The van der Waals surface area contributed by atoms with Crippen LogP contribution in [0.15, 0.2) is 24.3 Å². The number of aliphatic hydroxyl groups excluding tert-OH is 1. The number of hydrogen-bond donors (Lipinski definition) is 2. The molecule has 3 nitrogen and oxygen atoms in total. The molecule has 0 heterocycles. The monoisotopic (exact) mass is 290 g/mol. The van der Waals surface area contributed by atoms with E-state index in [-0.39, 0.29) is 5.41 Å². The van der Waals surface area contributed by atoms with Crippen molar-refractivity contribution in [1.82, 2.24) is 0 Å². The molecule has 0 amide bonds. The maximum atomic E-state index is 10.9. The van der Waals surface area contributed by atoms with E-state index >= 15 is 0 Å². The van der Waals surface area contributed by atoms with Gasteiger partial charge in [0, 0.05) is 31.7 Å². The van der Waals surface area contributed by atoms with E-state index in [2.05, 4.69) is 29.2 Å². The van der Waals surface area contributed by atoms with Gasteiger partial charge >= 0.3 is 0 Å². The minimum atomic E-state index is -0.447. The Hall–Kier alpha value is -1.06. The Morgan fingerprint density at radius 1 is 1.05 bits per heavy atom. The molecule has 1 fully saturated rings. The van der Waals surface area contributed by atoms with Crippen LogP contribution >= 0.6 is 0 Å². The van der Waals surface area contributed by atoms with Crippen molar-refractivity contribution in [1.29, 1.82) is 0 Å². The Bertz CT molecular complexity index is 419. The smallest absolute Gasteiger partial charge is 0.0858 e. The SMILES string of the molecule is CN(C)c1ccc(C(O)C2(CN)CCCCCCC2)cc1. The lowest BCUT2D eigenvalue weighted by molar-refractivity contribution is 0.00849. The van der Waals surface area contributed by atoms with Crippen molar-refractivity contribution in [2.45, 2.75) is 51.0 Å². The predicted molar refractivity (Wildman–Crippen MR) is 89.5 cm³/mol. The van der Waals surface area contributed by atoms with Crippen LogP contribution in [0.3, 0.4) is 0 Å². The predicted octanol–water partition coefficient (Wildman–Crippen LogP) is 3.48. The van der Waals surface area contributed by atoms with Crippen LogP contribution in [0, 0.1) is 5.41 Å². The maximum absolute atomic E-state index is 10.9. The highest BCUT2D eigenvalue weighted by Crippen LogP contribution is 2.43. The number of nitrogens with zero attached hydrogens (tertiary/aromatic N) is 1. The first-order valence-electron chi connectivity index (χ1n) is 8.24. The highest BCUT2D eigenvalue weighted by molar-refractivity contribution is 5.46. The van der Waals surface area contributed by atoms with Crippen LogP contribution in [0.1, 0.15) is 56.6 Å². The maximum Gasteiger partial charge on any atom is 0.0858 e. The van der Waals surface area contributed by atoms with Crippen LogP contribution in [0.25, 0.3) is 0 Å². The van der Waals surface area contributed by atoms with Gasteiger partial charge in [0.2, 0.25) is 0 Å². The fourth-order valence-corrected chi connectivity index (χ4v) is 3.51. The Balaban J connectivity index is 2.19. The number of anilines is 1. The lowest BCUT2D eigenvalue weighted by Gasteiger charge is -2.39. The van der Waals surface area contributed by atoms with Crippen molar-refractivity contribution in [3.8, 4) is 0 Å². The quantitative estimate of drug-likeness (QED) is 0.892. The summed E-state index contributed by atoms with van der Waals surface area (Å²) >= 11 is 0. The molecule has 1 atom stereocenters. The van der Waals surface area contributed by atoms with E-state index in [0.29, 0.717) is 6.54 Å². The van der Waals surface area contributed by atoms with Crippen molar-refractivity contribution in [3.05, 3.63) is 29.8 Å². The normalized spacial score (nSPS) is 20.4. The van der Waals surface area contributed by atoms with Crippen LogP contribution in [0.5, 0.6) is 0 Å². The molecule has 3 N–H and O–H groups in total. The molecule has 1 aromatic rings. The summed E-state index contributed by atoms with van der Waals surface area (Å²) in [4.78, 5) is 2.07. The van der Waals surface area contributed by atoms with Crippen LogP contribution in [-0.4, -0.2) is 25.7 Å². The first-order valence-corrected chi connectivity index (χ1v) is 8.24. The van der Waals surface area contributed by atoms with Gasteiger partial charge < -0.3 is 15.7 Å². The van der Waals surface area contributed by atoms with E-state index in [1.54, 1.807) is 0 Å². The van der Waals surface area contributed by atoms with Crippen molar-refractivity contribution in [3.63, 3.8) is 0 Å². The average molecular weight is 290 g/mol. The largest absolute Gasteiger partial charge is 0.388 e. The van der Waals surface area contributed by atoms with E-state index in [4.69, 9.17) is 5.73 Å². The highest BCUT2D eigenvalue weighted by Gasteiger charge is 2.37. The van der Waals surface area contributed by atoms with E-state index in [1.165, 1.54) is 32.1 Å². The molecule has 1 saturated carbocycles. The molecule has 0 radical (unpaired) electrons. The molecule has 0 aliphatic heterocycles. The van der Waals surface area contributed by atoms with Crippen LogP contribution in [-0.2, 0) is 0 Å². The van der Waals surface area contributed by atoms with Crippen molar-refractivity contribution >= 4 is 5.69 Å². The molecule has 21 heavy (non-hydrogen) atoms. The number of aliphatic hydroxyl groups is 1. The summed E-state index contributed by atoms with van der Waals surface area (Å²) in [5.74, 6) is 0. The number of rotatable bonds is 4. The second-order valence-electron chi connectivity index (χ2n) is 6.72. The third-order valence-corrected chi connectivity index (χ3v) is 5.06. The van der Waals surface area contributed by atoms with E-state index in [0.717, 1.165) is 24.1 Å². The van der Waals surface area contributed by atoms with Gasteiger partial charge in [0.25, 0.3) is 0 Å². The molecule has 0 spiro atoms. The highest BCUT2D eigenvalue weighted by atomic mass is 16.3. The molecule has 1 unspecified atom stereocenters. The molecule has 1 aromatic carbocycles. The summed E-state index contributed by atoms with van der Waals surface area (Å²) in [6.07, 6.45) is 7.88. The molecule has 1 aliphatic rings. The fraction of sp³-hybridized carbons (Fsp3) is 0.667.